The van der Waals surface area contributed by atoms with Crippen molar-refractivity contribution in [1.29, 1.82) is 0 Å². The first-order valence-corrected chi connectivity index (χ1v) is 37.3. The van der Waals surface area contributed by atoms with Crippen molar-refractivity contribution < 1.29 is 177 Å². The molecule has 11 fully saturated rings. The number of ether oxygens (including phenoxy) is 15. The number of aliphatic hydroxyl groups excluding tert-OH is 18. The van der Waals surface area contributed by atoms with E-state index in [9.17, 15) is 102 Å². The topological polar surface area (TPSA) is 554 Å². The van der Waals surface area contributed by atoms with Crippen LogP contribution in [-0.4, -0.2) is 352 Å². The van der Waals surface area contributed by atoms with E-state index >= 15 is 4.79 Å². The molecule has 0 aromatic heterocycles. The van der Waals surface area contributed by atoms with E-state index in [0.29, 0.717) is 38.5 Å². The summed E-state index contributed by atoms with van der Waals surface area (Å²) < 4.78 is 90.8. The van der Waals surface area contributed by atoms with Gasteiger partial charge in [-0.25, -0.2) is 4.79 Å². The van der Waals surface area contributed by atoms with E-state index in [1.54, 1.807) is 6.92 Å². The molecule has 18 N–H and O–H groups in total. The lowest BCUT2D eigenvalue weighted by Gasteiger charge is -2.71. The lowest BCUT2D eigenvalue weighted by Crippen LogP contribution is -2.69. The minimum atomic E-state index is -2.10. The molecule has 0 unspecified atom stereocenters. The molecule has 0 radical (unpaired) electrons. The van der Waals surface area contributed by atoms with Crippen LogP contribution < -0.4 is 0 Å². The molecule has 7 heterocycles. The molecule has 7 aliphatic heterocycles. The average molecular weight is 1540 g/mol. The summed E-state index contributed by atoms with van der Waals surface area (Å²) in [6.07, 6.45) is -55.6. The van der Waals surface area contributed by atoms with E-state index < -0.39 is 291 Å². The van der Waals surface area contributed by atoms with Gasteiger partial charge in [-0.05, 0) is 118 Å². The first-order valence-electron chi connectivity index (χ1n) is 37.3. The highest BCUT2D eigenvalue weighted by Gasteiger charge is 2.73. The van der Waals surface area contributed by atoms with Gasteiger partial charge >= 0.3 is 11.9 Å². The Morgan fingerprint density at radius 2 is 1.01 bits per heavy atom. The number of hydrogen-bond acceptors (Lipinski definition) is 36. The van der Waals surface area contributed by atoms with Gasteiger partial charge in [0.15, 0.2) is 49.9 Å². The summed E-state index contributed by atoms with van der Waals surface area (Å²) >= 11 is 0. The predicted octanol–water partition coefficient (Wildman–Crippen LogP) is -5.87. The fourth-order valence-electron chi connectivity index (χ4n) is 20.3. The maximum absolute atomic E-state index is 16.1. The Morgan fingerprint density at radius 1 is 0.495 bits per heavy atom. The summed E-state index contributed by atoms with van der Waals surface area (Å²) in [5, 5.41) is 200. The van der Waals surface area contributed by atoms with Gasteiger partial charge in [0.2, 0.25) is 6.29 Å². The third-order valence-electron chi connectivity index (χ3n) is 27.0. The summed E-state index contributed by atoms with van der Waals surface area (Å²) in [4.78, 5) is 44.1. The lowest BCUT2D eigenvalue weighted by molar-refractivity contribution is -0.391. The second kappa shape index (κ2) is 31.4. The number of aldehydes is 1. The first kappa shape index (κ1) is 83.5. The monoisotopic (exact) mass is 1540 g/mol. The number of allylic oxidation sites excluding steroid dienone is 2. The van der Waals surface area contributed by atoms with Gasteiger partial charge in [-0.2, -0.15) is 0 Å². The second-order valence-corrected chi connectivity index (χ2v) is 33.7. The van der Waals surface area contributed by atoms with Crippen LogP contribution in [0.2, 0.25) is 0 Å². The third kappa shape index (κ3) is 14.3. The fourth-order valence-corrected chi connectivity index (χ4v) is 20.3. The minimum Gasteiger partial charge on any atom is -0.467 e. The molecule has 12 aliphatic rings. The molecule has 36 heteroatoms. The van der Waals surface area contributed by atoms with Crippen LogP contribution in [0, 0.1) is 50.2 Å². The van der Waals surface area contributed by atoms with Crippen molar-refractivity contribution in [2.75, 3.05) is 26.9 Å². The van der Waals surface area contributed by atoms with Gasteiger partial charge in [0.25, 0.3) is 0 Å². The van der Waals surface area contributed by atoms with E-state index in [2.05, 4.69) is 40.7 Å². The normalized spacial score (nSPS) is 54.9. The zero-order chi connectivity index (χ0) is 78.2. The molecule has 5 aliphatic carbocycles. The van der Waals surface area contributed by atoms with Crippen molar-refractivity contribution in [2.45, 2.75) is 335 Å². The molecule has 12 rings (SSSR count). The molecule has 107 heavy (non-hydrogen) atoms. The Hall–Kier alpha value is -2.89. The Balaban J connectivity index is 0.837. The van der Waals surface area contributed by atoms with Crippen molar-refractivity contribution in [2.24, 2.45) is 50.2 Å². The van der Waals surface area contributed by atoms with Gasteiger partial charge in [-0.1, -0.05) is 53.2 Å². The smallest absolute Gasteiger partial charge is 0.337 e. The summed E-state index contributed by atoms with van der Waals surface area (Å²) in [6.45, 7) is 14.6. The van der Waals surface area contributed by atoms with Gasteiger partial charge in [-0.3, -0.25) is 4.79 Å². The largest absolute Gasteiger partial charge is 0.467 e. The number of hydrogen-bond donors (Lipinski definition) is 18. The molecule has 7 saturated heterocycles. The van der Waals surface area contributed by atoms with Crippen LogP contribution >= 0.6 is 0 Å². The zero-order valence-corrected chi connectivity index (χ0v) is 61.5. The van der Waals surface area contributed by atoms with Gasteiger partial charge in [0.05, 0.1) is 62.9 Å². The minimum absolute atomic E-state index is 0.0161. The highest BCUT2D eigenvalue weighted by Crippen LogP contribution is 2.76. The molecule has 36 nitrogen and oxygen atoms in total. The molecule has 0 aromatic carbocycles. The highest BCUT2D eigenvalue weighted by atomic mass is 16.8. The number of carbonyl (C=O) groups is 3. The van der Waals surface area contributed by atoms with Crippen LogP contribution in [0.4, 0.5) is 0 Å². The van der Waals surface area contributed by atoms with Gasteiger partial charge in [-0.15, -0.1) is 0 Å². The van der Waals surface area contributed by atoms with E-state index in [1.807, 2.05) is 0 Å². The Bertz CT molecular complexity index is 3130. The summed E-state index contributed by atoms with van der Waals surface area (Å²) in [6, 6.07) is 0. The highest BCUT2D eigenvalue weighted by molar-refractivity contribution is 5.80. The molecule has 43 atom stereocenters. The van der Waals surface area contributed by atoms with E-state index in [4.69, 9.17) is 71.1 Å². The Morgan fingerprint density at radius 3 is 1.61 bits per heavy atom. The van der Waals surface area contributed by atoms with Crippen LogP contribution in [0.1, 0.15) is 120 Å². The number of rotatable bonds is 17. The summed E-state index contributed by atoms with van der Waals surface area (Å²) in [5.74, 6) is -3.54. The van der Waals surface area contributed by atoms with E-state index in [1.165, 1.54) is 20.8 Å². The predicted molar refractivity (Wildman–Crippen MR) is 351 cm³/mol. The molecular formula is C71H112O36. The number of fused-ring (bicyclic) bond motifs is 7. The second-order valence-electron chi connectivity index (χ2n) is 33.7. The number of methoxy groups -OCH3 is 1. The maximum atomic E-state index is 16.1. The van der Waals surface area contributed by atoms with Crippen molar-refractivity contribution in [3.05, 3.63) is 11.6 Å². The average Bonchev–Trinajstić information content (AvgIpc) is 0.669. The Kier molecular flexibility index (Phi) is 24.5. The number of esters is 2. The number of carbonyl (C=O) groups excluding carboxylic acids is 3. The molecule has 0 aromatic rings. The quantitative estimate of drug-likeness (QED) is 0.0279. The van der Waals surface area contributed by atoms with Crippen LogP contribution in [0.25, 0.3) is 0 Å². The summed E-state index contributed by atoms with van der Waals surface area (Å²) in [5.41, 5.74) is -4.96. The standard InChI is InChI=1S/C71H112O36/c1-25-37(77)42(82)47(87)60(96-25)103-52-38(78)26(2)97-63(55(52)105-61-49(89)44(84)51(27(3)98-61)101-58-45(85)39(79)30(74)22-94-58)107-65(92)71-18-17-66(4,5)19-29(71)28-11-12-34-67(6)15-14-36(68(7,24-73)33(67)13-16-69(34,8)70(28,9)20-35(71)76)100-64-56(106-62-48(88)43(83)41(81)32(21-72)99-62)53(50(90)54(104-64)57(91)93-10)102-59-46(86)40(80)31(75)23-95-59/h11,24-27,29-56,58-64,72,74-90H,12-23H2,1-10H3/t25-,26+,27-,29-,30+,31-,32+,33+,34+,35+,36-,37-,38+,39-,40-,41-,42+,43-,44-,45+,46+,47+,48+,49+,50-,51-,52-,53-,54-,55+,56+,58-,59-,60-,61-,62-,63-,64+,67-,68-,69+,70+,71+/m0/s1. The van der Waals surface area contributed by atoms with Crippen molar-refractivity contribution in [3.8, 4) is 0 Å². The van der Waals surface area contributed by atoms with Crippen molar-refractivity contribution in [3.63, 3.8) is 0 Å². The first-order chi connectivity index (χ1) is 50.2. The van der Waals surface area contributed by atoms with Crippen molar-refractivity contribution >= 4 is 18.2 Å². The zero-order valence-electron chi connectivity index (χ0n) is 61.5. The number of aliphatic hydroxyl groups is 18. The lowest BCUT2D eigenvalue weighted by atomic mass is 9.33. The summed E-state index contributed by atoms with van der Waals surface area (Å²) in [7, 11) is 1.01. The molecule has 0 bridgehead atoms. The van der Waals surface area contributed by atoms with Crippen LogP contribution in [-0.2, 0) is 85.4 Å². The van der Waals surface area contributed by atoms with Gasteiger partial charge < -0.3 is 168 Å². The van der Waals surface area contributed by atoms with Crippen LogP contribution in [0.15, 0.2) is 11.6 Å². The molecule has 612 valence electrons. The molecule has 0 amide bonds. The van der Waals surface area contributed by atoms with Crippen molar-refractivity contribution in [1.82, 2.24) is 0 Å². The van der Waals surface area contributed by atoms with Crippen LogP contribution in [0.5, 0.6) is 0 Å². The van der Waals surface area contributed by atoms with Gasteiger partial charge in [0, 0.05) is 0 Å². The molecule has 0 spiro atoms. The maximum Gasteiger partial charge on any atom is 0.337 e. The third-order valence-corrected chi connectivity index (χ3v) is 27.0. The van der Waals surface area contributed by atoms with E-state index in [0.717, 1.165) is 19.0 Å². The van der Waals surface area contributed by atoms with Crippen LogP contribution in [0.3, 0.4) is 0 Å². The molecule has 4 saturated carbocycles. The van der Waals surface area contributed by atoms with Gasteiger partial charge in [0.1, 0.15) is 140 Å². The SMILES string of the molecule is COC(=O)[C@H]1O[C@@H](O[C@H]2CC[C@]3(C)[C@H]4CC=C5[C@@H]6CC(C)(C)CC[C@]6(C(=O)O[C@@H]6O[C@H](C)[C@@H](O)[C@H](O[C@@H]7O[C@@H](C)[C@H](O)[C@@H](O)[C@H]7O)[C@H]6O[C@@H]6O[C@@H](C)[C@H](O[C@@H]7OC[C@@H](O)[C@H](O)[C@H]7O)[C@@H](O)[C@H]6O)[C@H](O)C[C@@]5(C)[C@]4(C)CC[C@H]3[C@]2(C)C=O)[C@H](O[C@@H]2O[C@H](CO)[C@H](O)[C@H](O)[C@H]2O)[C@@H](O[C@@H]2OC[C@H](O)[C@H](O)[C@H]2O)[C@@H]1O. The van der Waals surface area contributed by atoms with E-state index in [-0.39, 0.29) is 25.2 Å². The molecular weight excluding hydrogens is 1430 g/mol. The Labute approximate surface area is 617 Å². The fraction of sp³-hybridized carbons (Fsp3) is 0.930.